The number of hydrogen-bond acceptors (Lipinski definition) is 4. The van der Waals surface area contributed by atoms with E-state index in [-0.39, 0.29) is 12.1 Å². The SMILES string of the molecule is CN(C)C(=O)NC1CCC(F)(CCN2CCCN(c3cccc4sccc34)CC2)CC1. The van der Waals surface area contributed by atoms with Crippen molar-refractivity contribution in [2.45, 2.75) is 50.2 Å². The molecule has 5 nitrogen and oxygen atoms in total. The number of nitrogens with one attached hydrogen (secondary N) is 1. The average Bonchev–Trinajstić information content (AvgIpc) is 3.12. The third-order valence-corrected chi connectivity index (χ3v) is 7.78. The molecular formula is C24H35FN4OS. The molecule has 170 valence electrons. The summed E-state index contributed by atoms with van der Waals surface area (Å²) in [4.78, 5) is 18.3. The zero-order valence-corrected chi connectivity index (χ0v) is 19.6. The number of halogens is 1. The number of rotatable bonds is 5. The quantitative estimate of drug-likeness (QED) is 0.722. The molecule has 0 atom stereocenters. The minimum Gasteiger partial charge on any atom is -0.370 e. The zero-order valence-electron chi connectivity index (χ0n) is 18.8. The summed E-state index contributed by atoms with van der Waals surface area (Å²) < 4.78 is 16.8. The van der Waals surface area contributed by atoms with Crippen molar-refractivity contribution in [3.63, 3.8) is 0 Å². The number of benzene rings is 1. The summed E-state index contributed by atoms with van der Waals surface area (Å²) in [5.41, 5.74) is 0.244. The van der Waals surface area contributed by atoms with Gasteiger partial charge < -0.3 is 20.0 Å². The van der Waals surface area contributed by atoms with Crippen LogP contribution in [0.4, 0.5) is 14.9 Å². The molecule has 2 amide bonds. The first-order valence-electron chi connectivity index (χ1n) is 11.5. The van der Waals surface area contributed by atoms with Crippen LogP contribution in [0.3, 0.4) is 0 Å². The highest BCUT2D eigenvalue weighted by Gasteiger charge is 2.36. The third-order valence-electron chi connectivity index (χ3n) is 6.89. The Hall–Kier alpha value is -1.86. The number of alkyl halides is 1. The molecule has 2 aliphatic rings. The second kappa shape index (κ2) is 9.74. The molecule has 0 bridgehead atoms. The summed E-state index contributed by atoms with van der Waals surface area (Å²) >= 11 is 1.79. The van der Waals surface area contributed by atoms with E-state index in [0.717, 1.165) is 52.0 Å². The van der Waals surface area contributed by atoms with Crippen molar-refractivity contribution >= 4 is 33.1 Å². The van der Waals surface area contributed by atoms with Gasteiger partial charge in [-0.05, 0) is 68.6 Å². The molecule has 31 heavy (non-hydrogen) atoms. The maximum Gasteiger partial charge on any atom is 0.317 e. The normalized spacial score (nSPS) is 25.4. The molecule has 1 aliphatic heterocycles. The standard InChI is InChI=1S/C24H35FN4OS/c1-27(2)23(30)26-19-7-10-24(25,11-8-19)12-15-28-13-4-14-29(17-16-28)21-5-3-6-22-20(21)9-18-31-22/h3,5-6,9,18-19H,4,7-8,10-17H2,1-2H3,(H,26,30). The van der Waals surface area contributed by atoms with Gasteiger partial charge in [0.2, 0.25) is 0 Å². The van der Waals surface area contributed by atoms with Gasteiger partial charge in [-0.15, -0.1) is 11.3 Å². The molecule has 2 fully saturated rings. The lowest BCUT2D eigenvalue weighted by Crippen LogP contribution is -2.46. The van der Waals surface area contributed by atoms with Gasteiger partial charge in [0.1, 0.15) is 5.67 Å². The van der Waals surface area contributed by atoms with Crippen LogP contribution in [0, 0.1) is 0 Å². The van der Waals surface area contributed by atoms with Crippen LogP contribution in [-0.4, -0.2) is 74.4 Å². The number of hydrogen-bond donors (Lipinski definition) is 1. The predicted molar refractivity (Wildman–Crippen MR) is 128 cm³/mol. The van der Waals surface area contributed by atoms with E-state index in [1.807, 2.05) is 0 Å². The van der Waals surface area contributed by atoms with Crippen molar-refractivity contribution in [3.05, 3.63) is 29.6 Å². The van der Waals surface area contributed by atoms with E-state index in [0.29, 0.717) is 19.3 Å². The van der Waals surface area contributed by atoms with Gasteiger partial charge in [0.05, 0.1) is 0 Å². The number of urea groups is 1. The molecule has 1 saturated heterocycles. The third kappa shape index (κ3) is 5.50. The zero-order chi connectivity index (χ0) is 21.8. The van der Waals surface area contributed by atoms with Gasteiger partial charge in [0, 0.05) is 62.1 Å². The molecule has 2 aromatic rings. The summed E-state index contributed by atoms with van der Waals surface area (Å²) in [5, 5.41) is 6.52. The molecule has 1 aromatic heterocycles. The minimum atomic E-state index is -1.09. The first kappa shape index (κ1) is 22.3. The number of carbonyl (C=O) groups excluding carboxylic acids is 1. The van der Waals surface area contributed by atoms with Gasteiger partial charge in [-0.1, -0.05) is 6.07 Å². The molecule has 4 rings (SSSR count). The van der Waals surface area contributed by atoms with Gasteiger partial charge in [0.25, 0.3) is 0 Å². The number of carbonyl (C=O) groups is 1. The van der Waals surface area contributed by atoms with E-state index in [1.54, 1.807) is 30.3 Å². The molecule has 1 aliphatic carbocycles. The summed E-state index contributed by atoms with van der Waals surface area (Å²) in [6.07, 6.45) is 4.26. The lowest BCUT2D eigenvalue weighted by atomic mass is 9.81. The minimum absolute atomic E-state index is 0.0800. The number of fused-ring (bicyclic) bond motifs is 1. The summed E-state index contributed by atoms with van der Waals surface area (Å²) in [7, 11) is 3.47. The van der Waals surface area contributed by atoms with Gasteiger partial charge >= 0.3 is 6.03 Å². The molecule has 0 radical (unpaired) electrons. The van der Waals surface area contributed by atoms with Crippen LogP contribution in [0.15, 0.2) is 29.6 Å². The first-order chi connectivity index (χ1) is 14.9. The Morgan fingerprint density at radius 1 is 1.19 bits per heavy atom. The van der Waals surface area contributed by atoms with Crippen molar-refractivity contribution in [1.29, 1.82) is 0 Å². The fourth-order valence-corrected chi connectivity index (χ4v) is 5.69. The Morgan fingerprint density at radius 2 is 2.00 bits per heavy atom. The van der Waals surface area contributed by atoms with Gasteiger partial charge in [-0.3, -0.25) is 0 Å². The van der Waals surface area contributed by atoms with Crippen molar-refractivity contribution in [2.75, 3.05) is 51.7 Å². The lowest BCUT2D eigenvalue weighted by Gasteiger charge is -2.36. The van der Waals surface area contributed by atoms with Crippen LogP contribution in [0.25, 0.3) is 10.1 Å². The van der Waals surface area contributed by atoms with Crippen LogP contribution in [0.2, 0.25) is 0 Å². The van der Waals surface area contributed by atoms with Crippen molar-refractivity contribution in [2.24, 2.45) is 0 Å². The van der Waals surface area contributed by atoms with E-state index in [9.17, 15) is 4.79 Å². The average molecular weight is 447 g/mol. The second-order valence-corrected chi connectivity index (χ2v) is 10.3. The van der Waals surface area contributed by atoms with Crippen molar-refractivity contribution in [1.82, 2.24) is 15.1 Å². The molecule has 7 heteroatoms. The molecule has 1 N–H and O–H groups in total. The number of thiophene rings is 1. The Kier molecular flexibility index (Phi) is 7.02. The van der Waals surface area contributed by atoms with Gasteiger partial charge in [-0.25, -0.2) is 9.18 Å². The lowest BCUT2D eigenvalue weighted by molar-refractivity contribution is 0.0699. The van der Waals surface area contributed by atoms with Gasteiger partial charge in [-0.2, -0.15) is 0 Å². The van der Waals surface area contributed by atoms with E-state index < -0.39 is 5.67 Å². The molecule has 0 unspecified atom stereocenters. The van der Waals surface area contributed by atoms with E-state index in [4.69, 9.17) is 0 Å². The molecule has 0 spiro atoms. The van der Waals surface area contributed by atoms with E-state index in [2.05, 4.69) is 44.8 Å². The number of nitrogens with zero attached hydrogens (tertiary/aromatic N) is 3. The van der Waals surface area contributed by atoms with Crippen LogP contribution in [0.1, 0.15) is 38.5 Å². The Balaban J connectivity index is 1.25. The highest BCUT2D eigenvalue weighted by atomic mass is 32.1. The molecular weight excluding hydrogens is 411 g/mol. The number of amides is 2. The van der Waals surface area contributed by atoms with Crippen LogP contribution in [-0.2, 0) is 0 Å². The van der Waals surface area contributed by atoms with Crippen LogP contribution >= 0.6 is 11.3 Å². The van der Waals surface area contributed by atoms with E-state index >= 15 is 4.39 Å². The maximum atomic E-state index is 15.4. The molecule has 1 aromatic carbocycles. The molecule has 1 saturated carbocycles. The summed E-state index contributed by atoms with van der Waals surface area (Å²) in [6.45, 7) is 4.89. The first-order valence-corrected chi connectivity index (χ1v) is 12.4. The smallest absolute Gasteiger partial charge is 0.317 e. The summed E-state index contributed by atoms with van der Waals surface area (Å²) in [5.74, 6) is 0. The monoisotopic (exact) mass is 446 g/mol. The van der Waals surface area contributed by atoms with Crippen LogP contribution < -0.4 is 10.2 Å². The fourth-order valence-electron chi connectivity index (χ4n) is 4.88. The van der Waals surface area contributed by atoms with Gasteiger partial charge in [0.15, 0.2) is 0 Å². The topological polar surface area (TPSA) is 38.8 Å². The highest BCUT2D eigenvalue weighted by molar-refractivity contribution is 7.17. The Morgan fingerprint density at radius 3 is 2.77 bits per heavy atom. The highest BCUT2D eigenvalue weighted by Crippen LogP contribution is 2.35. The maximum absolute atomic E-state index is 15.4. The van der Waals surface area contributed by atoms with Crippen molar-refractivity contribution in [3.8, 4) is 0 Å². The Bertz CT molecular complexity index is 877. The second-order valence-electron chi connectivity index (χ2n) is 9.31. The molecule has 2 heterocycles. The van der Waals surface area contributed by atoms with Crippen LogP contribution in [0.5, 0.6) is 0 Å². The number of anilines is 1. The summed E-state index contributed by atoms with van der Waals surface area (Å²) in [6, 6.07) is 8.82. The fraction of sp³-hybridized carbons (Fsp3) is 0.625. The van der Waals surface area contributed by atoms with E-state index in [1.165, 1.54) is 15.8 Å². The van der Waals surface area contributed by atoms with Crippen molar-refractivity contribution < 1.29 is 9.18 Å². The Labute approximate surface area is 189 Å². The predicted octanol–water partition coefficient (Wildman–Crippen LogP) is 4.73. The largest absolute Gasteiger partial charge is 0.370 e.